The molecule has 1 heterocycles. The standard InChI is InChI=1S/C28H41NO6/c1-20(2)14-17-32-21(3)26-27(31-6)24(13-15-28(26)19-34-28)35-25(30)12-9-22-7-10-23(11-8-22)33-18-16-29(4)5/h7-12,14,21,24,26-27H,13,15-19H2,1-6H3/b12-9+/t21?,24?,26?,27?,28-/m0/s1. The average molecular weight is 488 g/mol. The number of rotatable bonds is 12. The van der Waals surface area contributed by atoms with Gasteiger partial charge in [0.05, 0.1) is 24.9 Å². The zero-order chi connectivity index (χ0) is 25.4. The number of carbonyl (C=O) groups excluding carboxylic acids is 1. The third kappa shape index (κ3) is 7.90. The number of allylic oxidation sites excluding steroid dienone is 1. The molecule has 0 amide bonds. The summed E-state index contributed by atoms with van der Waals surface area (Å²) in [5.41, 5.74) is 1.88. The molecule has 4 unspecified atom stereocenters. The minimum atomic E-state index is -0.382. The van der Waals surface area contributed by atoms with E-state index in [1.165, 1.54) is 11.6 Å². The molecule has 3 rings (SSSR count). The van der Waals surface area contributed by atoms with Gasteiger partial charge in [0.25, 0.3) is 0 Å². The molecule has 0 radical (unpaired) electrons. The molecule has 1 aromatic rings. The van der Waals surface area contributed by atoms with Crippen LogP contribution in [-0.2, 0) is 23.7 Å². The van der Waals surface area contributed by atoms with Crippen LogP contribution in [0.25, 0.3) is 6.08 Å². The summed E-state index contributed by atoms with van der Waals surface area (Å²) in [5, 5.41) is 0. The summed E-state index contributed by atoms with van der Waals surface area (Å²) < 4.78 is 29.4. The van der Waals surface area contributed by atoms with Crippen molar-refractivity contribution in [2.24, 2.45) is 5.92 Å². The first-order valence-electron chi connectivity index (χ1n) is 12.4. The second kappa shape index (κ2) is 12.7. The third-order valence-corrected chi connectivity index (χ3v) is 6.69. The van der Waals surface area contributed by atoms with Crippen LogP contribution in [0.2, 0.25) is 0 Å². The van der Waals surface area contributed by atoms with Gasteiger partial charge in [-0.15, -0.1) is 0 Å². The SMILES string of the molecule is COC1C(OC(=O)/C=C/c2ccc(OCCN(C)C)cc2)CC[C@]2(CO2)C1C(C)OCC=C(C)C. The predicted octanol–water partition coefficient (Wildman–Crippen LogP) is 4.12. The summed E-state index contributed by atoms with van der Waals surface area (Å²) in [5.74, 6) is 0.418. The van der Waals surface area contributed by atoms with Gasteiger partial charge in [0.2, 0.25) is 0 Å². The van der Waals surface area contributed by atoms with E-state index in [0.29, 0.717) is 26.2 Å². The van der Waals surface area contributed by atoms with E-state index >= 15 is 0 Å². The van der Waals surface area contributed by atoms with Crippen LogP contribution in [0.5, 0.6) is 5.75 Å². The minimum absolute atomic E-state index is 0.00590. The minimum Gasteiger partial charge on any atom is -0.492 e. The fourth-order valence-electron chi connectivity index (χ4n) is 4.64. The number of benzene rings is 1. The highest BCUT2D eigenvalue weighted by Crippen LogP contribution is 2.49. The van der Waals surface area contributed by atoms with Crippen molar-refractivity contribution >= 4 is 12.0 Å². The number of nitrogens with zero attached hydrogens (tertiary/aromatic N) is 1. The second-order valence-corrected chi connectivity index (χ2v) is 9.97. The summed E-state index contributed by atoms with van der Waals surface area (Å²) in [6, 6.07) is 7.64. The first-order valence-corrected chi connectivity index (χ1v) is 12.4. The van der Waals surface area contributed by atoms with E-state index in [2.05, 4.69) is 31.7 Å². The Labute approximate surface area is 210 Å². The molecule has 1 spiro atoms. The lowest BCUT2D eigenvalue weighted by atomic mass is 9.73. The first kappa shape index (κ1) is 27.4. The summed E-state index contributed by atoms with van der Waals surface area (Å²) >= 11 is 0. The number of ether oxygens (including phenoxy) is 5. The summed E-state index contributed by atoms with van der Waals surface area (Å²) in [6.45, 7) is 8.87. The molecule has 7 heteroatoms. The van der Waals surface area contributed by atoms with Crippen molar-refractivity contribution in [1.82, 2.24) is 4.90 Å². The van der Waals surface area contributed by atoms with Crippen LogP contribution < -0.4 is 4.74 Å². The van der Waals surface area contributed by atoms with Crippen molar-refractivity contribution in [3.63, 3.8) is 0 Å². The third-order valence-electron chi connectivity index (χ3n) is 6.69. The number of methoxy groups -OCH3 is 1. The van der Waals surface area contributed by atoms with Crippen LogP contribution in [-0.4, -0.2) is 82.4 Å². The lowest BCUT2D eigenvalue weighted by Gasteiger charge is -2.42. The number of hydrogen-bond donors (Lipinski definition) is 0. The number of likely N-dealkylation sites (N-methyl/N-ethyl adjacent to an activating group) is 1. The smallest absolute Gasteiger partial charge is 0.331 e. The summed E-state index contributed by atoms with van der Waals surface area (Å²) in [6.07, 6.45) is 6.09. The van der Waals surface area contributed by atoms with Gasteiger partial charge in [0.15, 0.2) is 0 Å². The molecule has 5 atom stereocenters. The maximum absolute atomic E-state index is 12.7. The Balaban J connectivity index is 1.57. The zero-order valence-corrected chi connectivity index (χ0v) is 22.0. The average Bonchev–Trinajstić information content (AvgIpc) is 3.58. The quantitative estimate of drug-likeness (QED) is 0.190. The van der Waals surface area contributed by atoms with Gasteiger partial charge in [-0.3, -0.25) is 0 Å². The Morgan fingerprint density at radius 3 is 2.57 bits per heavy atom. The van der Waals surface area contributed by atoms with E-state index in [0.717, 1.165) is 24.3 Å². The summed E-state index contributed by atoms with van der Waals surface area (Å²) in [7, 11) is 5.69. The van der Waals surface area contributed by atoms with E-state index in [9.17, 15) is 4.79 Å². The molecule has 1 aliphatic heterocycles. The van der Waals surface area contributed by atoms with E-state index in [1.54, 1.807) is 13.2 Å². The zero-order valence-electron chi connectivity index (χ0n) is 22.0. The maximum Gasteiger partial charge on any atom is 0.331 e. The van der Waals surface area contributed by atoms with Crippen molar-refractivity contribution in [1.29, 1.82) is 0 Å². The summed E-state index contributed by atoms with van der Waals surface area (Å²) in [4.78, 5) is 14.7. The molecular formula is C28H41NO6. The Bertz CT molecular complexity index is 870. The van der Waals surface area contributed by atoms with Gasteiger partial charge in [-0.05, 0) is 71.5 Å². The van der Waals surface area contributed by atoms with Gasteiger partial charge < -0.3 is 28.6 Å². The molecule has 2 fully saturated rings. The van der Waals surface area contributed by atoms with E-state index in [-0.39, 0.29) is 35.8 Å². The number of hydrogen-bond acceptors (Lipinski definition) is 7. The van der Waals surface area contributed by atoms with Crippen molar-refractivity contribution in [2.75, 3.05) is 47.6 Å². The molecular weight excluding hydrogens is 446 g/mol. The molecule has 1 aromatic carbocycles. The number of carbonyl (C=O) groups is 1. The predicted molar refractivity (Wildman–Crippen MR) is 136 cm³/mol. The van der Waals surface area contributed by atoms with Gasteiger partial charge >= 0.3 is 5.97 Å². The van der Waals surface area contributed by atoms with Gasteiger partial charge in [0.1, 0.15) is 24.6 Å². The highest BCUT2D eigenvalue weighted by atomic mass is 16.6. The van der Waals surface area contributed by atoms with Gasteiger partial charge in [0, 0.05) is 25.6 Å². The largest absolute Gasteiger partial charge is 0.492 e. The van der Waals surface area contributed by atoms with Crippen LogP contribution in [0, 0.1) is 5.92 Å². The number of esters is 1. The lowest BCUT2D eigenvalue weighted by molar-refractivity contribution is -0.172. The molecule has 1 aliphatic carbocycles. The van der Waals surface area contributed by atoms with Crippen LogP contribution in [0.15, 0.2) is 42.0 Å². The van der Waals surface area contributed by atoms with Crippen molar-refractivity contribution < 1.29 is 28.5 Å². The molecule has 194 valence electrons. The first-order chi connectivity index (χ1) is 16.7. The highest BCUT2D eigenvalue weighted by Gasteiger charge is 2.61. The molecule has 35 heavy (non-hydrogen) atoms. The van der Waals surface area contributed by atoms with Gasteiger partial charge in [-0.1, -0.05) is 23.8 Å². The molecule has 2 aliphatic rings. The lowest BCUT2D eigenvalue weighted by Crippen LogP contribution is -2.54. The Morgan fingerprint density at radius 1 is 1.26 bits per heavy atom. The fourth-order valence-corrected chi connectivity index (χ4v) is 4.64. The monoisotopic (exact) mass is 487 g/mol. The van der Waals surface area contributed by atoms with Crippen LogP contribution in [0.3, 0.4) is 0 Å². The van der Waals surface area contributed by atoms with Crippen LogP contribution in [0.4, 0.5) is 0 Å². The maximum atomic E-state index is 12.7. The van der Waals surface area contributed by atoms with Gasteiger partial charge in [-0.25, -0.2) is 4.79 Å². The van der Waals surface area contributed by atoms with E-state index in [4.69, 9.17) is 23.7 Å². The highest BCUT2D eigenvalue weighted by molar-refractivity contribution is 5.87. The normalized spacial score (nSPS) is 26.7. The van der Waals surface area contributed by atoms with E-state index < -0.39 is 0 Å². The van der Waals surface area contributed by atoms with E-state index in [1.807, 2.05) is 38.4 Å². The topological polar surface area (TPSA) is 69.8 Å². The molecule has 1 saturated carbocycles. The van der Waals surface area contributed by atoms with Crippen LogP contribution in [0.1, 0.15) is 39.2 Å². The molecule has 7 nitrogen and oxygen atoms in total. The van der Waals surface area contributed by atoms with Crippen molar-refractivity contribution in [2.45, 2.75) is 57.5 Å². The second-order valence-electron chi connectivity index (χ2n) is 9.97. The molecule has 0 aromatic heterocycles. The van der Waals surface area contributed by atoms with Crippen molar-refractivity contribution in [3.8, 4) is 5.75 Å². The molecule has 0 N–H and O–H groups in total. The Kier molecular flexibility index (Phi) is 9.92. The van der Waals surface area contributed by atoms with Crippen LogP contribution >= 0.6 is 0 Å². The Morgan fingerprint density at radius 2 is 1.97 bits per heavy atom. The van der Waals surface area contributed by atoms with Gasteiger partial charge in [-0.2, -0.15) is 0 Å². The molecule has 0 bridgehead atoms. The molecule has 1 saturated heterocycles. The number of epoxide rings is 1. The Hall–Kier alpha value is -2.19. The van der Waals surface area contributed by atoms with Crippen molar-refractivity contribution in [3.05, 3.63) is 47.6 Å². The fraction of sp³-hybridized carbons (Fsp3) is 0.607.